The van der Waals surface area contributed by atoms with E-state index in [0.29, 0.717) is 6.61 Å². The number of carbonyl (C=O) groups excluding carboxylic acids is 2. The van der Waals surface area contributed by atoms with Crippen LogP contribution in [0.1, 0.15) is 6.92 Å². The average Bonchev–Trinajstić information content (AvgIpc) is 2.71. The maximum atomic E-state index is 13.9. The molecule has 21 heavy (non-hydrogen) atoms. The van der Waals surface area contributed by atoms with Gasteiger partial charge >= 0.3 is 0 Å². The molecule has 1 aromatic rings. The van der Waals surface area contributed by atoms with Crippen molar-refractivity contribution in [1.29, 1.82) is 0 Å². The molecule has 0 aliphatic carbocycles. The van der Waals surface area contributed by atoms with Crippen LogP contribution < -0.4 is 10.1 Å². The van der Waals surface area contributed by atoms with Crippen LogP contribution in [0, 0.1) is 5.82 Å². The van der Waals surface area contributed by atoms with E-state index < -0.39 is 17.6 Å². The predicted molar refractivity (Wildman–Crippen MR) is 73.1 cm³/mol. The lowest BCUT2D eigenvalue weighted by atomic mass is 10.2. The first kappa shape index (κ1) is 15.0. The first-order valence-electron chi connectivity index (χ1n) is 6.45. The largest absolute Gasteiger partial charge is 0.492 e. The molecule has 0 saturated carbocycles. The van der Waals surface area contributed by atoms with Crippen LogP contribution in [-0.4, -0.2) is 41.6 Å². The van der Waals surface area contributed by atoms with Crippen molar-refractivity contribution >= 4 is 17.5 Å². The number of nitrogens with one attached hydrogen (secondary N) is 1. The number of hydrogen-bond acceptors (Lipinski definition) is 5. The van der Waals surface area contributed by atoms with Gasteiger partial charge in [-0.2, -0.15) is 0 Å². The van der Waals surface area contributed by atoms with Crippen LogP contribution in [0.15, 0.2) is 30.0 Å². The fourth-order valence-electron chi connectivity index (χ4n) is 1.95. The van der Waals surface area contributed by atoms with Crippen LogP contribution in [0.3, 0.4) is 0 Å². The Labute approximate surface area is 120 Å². The summed E-state index contributed by atoms with van der Waals surface area (Å²) >= 11 is 0. The number of halogens is 1. The molecule has 0 saturated heterocycles. The third kappa shape index (κ3) is 3.03. The average molecular weight is 294 g/mol. The number of amides is 2. The summed E-state index contributed by atoms with van der Waals surface area (Å²) in [5.41, 5.74) is -0.0582. The maximum absolute atomic E-state index is 13.9. The van der Waals surface area contributed by atoms with Gasteiger partial charge < -0.3 is 15.2 Å². The number of benzene rings is 1. The number of imide groups is 1. The zero-order valence-corrected chi connectivity index (χ0v) is 11.4. The Bertz CT molecular complexity index is 601. The normalized spacial score (nSPS) is 14.4. The molecule has 0 atom stereocenters. The summed E-state index contributed by atoms with van der Waals surface area (Å²) in [5, 5.41) is 11.4. The van der Waals surface area contributed by atoms with E-state index in [4.69, 9.17) is 9.84 Å². The second kappa shape index (κ2) is 6.36. The molecule has 0 aromatic heterocycles. The molecule has 0 fully saturated rings. The molecule has 0 spiro atoms. The summed E-state index contributed by atoms with van der Waals surface area (Å²) in [5.74, 6) is -1.51. The molecular formula is C14H15FN2O4. The molecule has 1 heterocycles. The summed E-state index contributed by atoms with van der Waals surface area (Å²) in [4.78, 5) is 24.5. The molecule has 2 N–H and O–H groups in total. The molecule has 6 nitrogen and oxygen atoms in total. The molecule has 1 aliphatic heterocycles. The summed E-state index contributed by atoms with van der Waals surface area (Å²) in [7, 11) is 0. The first-order chi connectivity index (χ1) is 10.1. The van der Waals surface area contributed by atoms with Gasteiger partial charge in [0.2, 0.25) is 0 Å². The Balaban J connectivity index is 2.25. The minimum absolute atomic E-state index is 0.00222. The van der Waals surface area contributed by atoms with Crippen molar-refractivity contribution in [2.45, 2.75) is 6.92 Å². The van der Waals surface area contributed by atoms with Crippen LogP contribution in [0.25, 0.3) is 0 Å². The number of β-amino-alcohol motifs (C(OH)–C–C–N with tert-alkyl or cyclic N) is 1. The SMILES string of the molecule is CCOc1cccc(F)c1NC1=CC(=O)N(CCO)C1=O. The Hall–Kier alpha value is -2.41. The van der Waals surface area contributed by atoms with Gasteiger partial charge in [-0.1, -0.05) is 6.07 Å². The fourth-order valence-corrected chi connectivity index (χ4v) is 1.95. The third-order valence-corrected chi connectivity index (χ3v) is 2.87. The molecule has 2 amide bonds. The highest BCUT2D eigenvalue weighted by molar-refractivity contribution is 6.17. The monoisotopic (exact) mass is 294 g/mol. The van der Waals surface area contributed by atoms with Gasteiger partial charge in [-0.05, 0) is 19.1 Å². The van der Waals surface area contributed by atoms with Gasteiger partial charge in [-0.3, -0.25) is 14.5 Å². The zero-order valence-electron chi connectivity index (χ0n) is 11.4. The number of para-hydroxylation sites is 1. The third-order valence-electron chi connectivity index (χ3n) is 2.87. The quantitative estimate of drug-likeness (QED) is 0.762. The molecule has 112 valence electrons. The molecule has 1 aromatic carbocycles. The number of aliphatic hydroxyl groups is 1. The molecule has 2 rings (SSSR count). The van der Waals surface area contributed by atoms with Crippen LogP contribution in [0.2, 0.25) is 0 Å². The van der Waals surface area contributed by atoms with Crippen molar-refractivity contribution in [2.24, 2.45) is 0 Å². The van der Waals surface area contributed by atoms with Crippen molar-refractivity contribution in [3.05, 3.63) is 35.8 Å². The first-order valence-corrected chi connectivity index (χ1v) is 6.45. The van der Waals surface area contributed by atoms with Crippen LogP contribution in [-0.2, 0) is 9.59 Å². The Kier molecular flexibility index (Phi) is 4.54. The highest BCUT2D eigenvalue weighted by atomic mass is 19.1. The van der Waals surface area contributed by atoms with E-state index in [1.807, 2.05) is 0 Å². The van der Waals surface area contributed by atoms with E-state index >= 15 is 0 Å². The number of aliphatic hydroxyl groups excluding tert-OH is 1. The van der Waals surface area contributed by atoms with E-state index in [2.05, 4.69) is 5.32 Å². The van der Waals surface area contributed by atoms with Crippen molar-refractivity contribution < 1.29 is 23.8 Å². The van der Waals surface area contributed by atoms with E-state index in [0.717, 1.165) is 11.0 Å². The van der Waals surface area contributed by atoms with Crippen LogP contribution >= 0.6 is 0 Å². The smallest absolute Gasteiger partial charge is 0.277 e. The van der Waals surface area contributed by atoms with E-state index in [-0.39, 0.29) is 30.3 Å². The minimum Gasteiger partial charge on any atom is -0.492 e. The number of ether oxygens (including phenoxy) is 1. The summed E-state index contributed by atoms with van der Waals surface area (Å²) in [6.07, 6.45) is 1.07. The highest BCUT2D eigenvalue weighted by Crippen LogP contribution is 2.29. The standard InChI is InChI=1S/C14H15FN2O4/c1-2-21-11-5-3-4-9(15)13(11)16-10-8-12(19)17(6-7-18)14(10)20/h3-5,8,16,18H,2,6-7H2,1H3. The van der Waals surface area contributed by atoms with Gasteiger partial charge in [0.25, 0.3) is 11.8 Å². The topological polar surface area (TPSA) is 78.9 Å². The number of rotatable bonds is 6. The summed E-state index contributed by atoms with van der Waals surface area (Å²) in [6, 6.07) is 4.26. The molecular weight excluding hydrogens is 279 g/mol. The lowest BCUT2D eigenvalue weighted by Gasteiger charge is -2.15. The predicted octanol–water partition coefficient (Wildman–Crippen LogP) is 0.881. The van der Waals surface area contributed by atoms with Gasteiger partial charge in [-0.25, -0.2) is 4.39 Å². The molecule has 0 radical (unpaired) electrons. The van der Waals surface area contributed by atoms with Crippen LogP contribution in [0.4, 0.5) is 10.1 Å². The maximum Gasteiger partial charge on any atom is 0.277 e. The lowest BCUT2D eigenvalue weighted by Crippen LogP contribution is -2.34. The number of anilines is 1. The Morgan fingerprint density at radius 1 is 1.38 bits per heavy atom. The fraction of sp³-hybridized carbons (Fsp3) is 0.286. The van der Waals surface area contributed by atoms with Crippen molar-refractivity contribution in [1.82, 2.24) is 4.90 Å². The zero-order chi connectivity index (χ0) is 15.4. The summed E-state index contributed by atoms with van der Waals surface area (Å²) < 4.78 is 19.2. The lowest BCUT2D eigenvalue weighted by molar-refractivity contribution is -0.137. The van der Waals surface area contributed by atoms with Crippen LogP contribution in [0.5, 0.6) is 5.75 Å². The molecule has 1 aliphatic rings. The second-order valence-corrected chi connectivity index (χ2v) is 4.25. The second-order valence-electron chi connectivity index (χ2n) is 4.25. The molecule has 0 bridgehead atoms. The van der Waals surface area contributed by atoms with Gasteiger partial charge in [0.1, 0.15) is 23.0 Å². The van der Waals surface area contributed by atoms with Crippen molar-refractivity contribution in [2.75, 3.05) is 25.1 Å². The Morgan fingerprint density at radius 3 is 2.81 bits per heavy atom. The van der Waals surface area contributed by atoms with Gasteiger partial charge in [0, 0.05) is 6.08 Å². The van der Waals surface area contributed by atoms with E-state index in [1.165, 1.54) is 12.1 Å². The van der Waals surface area contributed by atoms with Gasteiger partial charge in [0.05, 0.1) is 19.8 Å². The molecule has 7 heteroatoms. The van der Waals surface area contributed by atoms with Crippen molar-refractivity contribution in [3.63, 3.8) is 0 Å². The van der Waals surface area contributed by atoms with Crippen molar-refractivity contribution in [3.8, 4) is 5.75 Å². The van der Waals surface area contributed by atoms with Gasteiger partial charge in [-0.15, -0.1) is 0 Å². The highest BCUT2D eigenvalue weighted by Gasteiger charge is 2.31. The van der Waals surface area contributed by atoms with E-state index in [9.17, 15) is 14.0 Å². The number of hydrogen-bond donors (Lipinski definition) is 2. The number of nitrogens with zero attached hydrogens (tertiary/aromatic N) is 1. The van der Waals surface area contributed by atoms with Gasteiger partial charge in [0.15, 0.2) is 0 Å². The number of carbonyl (C=O) groups is 2. The van der Waals surface area contributed by atoms with E-state index in [1.54, 1.807) is 13.0 Å². The molecule has 0 unspecified atom stereocenters. The Morgan fingerprint density at radius 2 is 2.14 bits per heavy atom. The summed E-state index contributed by atoms with van der Waals surface area (Å²) in [6.45, 7) is 1.65. The minimum atomic E-state index is -0.611.